The molecule has 9 heteroatoms. The molecule has 1 unspecified atom stereocenters. The van der Waals surface area contributed by atoms with Crippen LogP contribution in [0.25, 0.3) is 0 Å². The largest absolute Gasteiger partial charge is 0.476 e. The van der Waals surface area contributed by atoms with Crippen LogP contribution in [0.3, 0.4) is 0 Å². The SMILES string of the molecule is Cc1c(C(=O)N2CC(C(=O)N3CCOCC3)Oc3ccccc32)cccc1[N+](=O)[O-]. The molecule has 0 N–H and O–H groups in total. The molecule has 1 saturated heterocycles. The normalized spacial score (nSPS) is 18.4. The highest BCUT2D eigenvalue weighted by atomic mass is 16.6. The van der Waals surface area contributed by atoms with E-state index < -0.39 is 16.9 Å². The number of para-hydroxylation sites is 2. The van der Waals surface area contributed by atoms with Crippen LogP contribution in [-0.4, -0.2) is 60.6 Å². The fourth-order valence-electron chi connectivity index (χ4n) is 3.74. The van der Waals surface area contributed by atoms with Gasteiger partial charge in [-0.1, -0.05) is 18.2 Å². The number of hydrogen-bond donors (Lipinski definition) is 0. The lowest BCUT2D eigenvalue weighted by molar-refractivity contribution is -0.385. The summed E-state index contributed by atoms with van der Waals surface area (Å²) >= 11 is 0. The molecular formula is C21H21N3O6. The summed E-state index contributed by atoms with van der Waals surface area (Å²) in [6.45, 7) is 3.44. The van der Waals surface area contributed by atoms with Crippen molar-refractivity contribution in [3.8, 4) is 5.75 Å². The molecule has 4 rings (SSSR count). The van der Waals surface area contributed by atoms with Gasteiger partial charge in [-0.2, -0.15) is 0 Å². The Hall–Kier alpha value is -3.46. The predicted molar refractivity (Wildman–Crippen MR) is 108 cm³/mol. The van der Waals surface area contributed by atoms with Gasteiger partial charge < -0.3 is 19.3 Å². The van der Waals surface area contributed by atoms with Crippen LogP contribution < -0.4 is 9.64 Å². The smallest absolute Gasteiger partial charge is 0.273 e. The Morgan fingerprint density at radius 2 is 1.83 bits per heavy atom. The summed E-state index contributed by atoms with van der Waals surface area (Å²) in [7, 11) is 0. The van der Waals surface area contributed by atoms with Crippen molar-refractivity contribution in [3.63, 3.8) is 0 Å². The lowest BCUT2D eigenvalue weighted by atomic mass is 10.0. The molecule has 30 heavy (non-hydrogen) atoms. The molecule has 2 aromatic carbocycles. The molecule has 1 atom stereocenters. The van der Waals surface area contributed by atoms with Crippen molar-refractivity contribution in [2.45, 2.75) is 13.0 Å². The highest BCUT2D eigenvalue weighted by Crippen LogP contribution is 2.35. The Kier molecular flexibility index (Phi) is 5.37. The van der Waals surface area contributed by atoms with E-state index in [1.54, 1.807) is 42.2 Å². The van der Waals surface area contributed by atoms with Crippen molar-refractivity contribution in [3.05, 3.63) is 63.7 Å². The molecule has 2 aliphatic heterocycles. The molecule has 2 heterocycles. The first kappa shape index (κ1) is 19.8. The maximum absolute atomic E-state index is 13.4. The zero-order valence-corrected chi connectivity index (χ0v) is 16.4. The van der Waals surface area contributed by atoms with Crippen LogP contribution in [0.5, 0.6) is 5.75 Å². The number of nitrogens with zero attached hydrogens (tertiary/aromatic N) is 3. The maximum Gasteiger partial charge on any atom is 0.273 e. The molecule has 0 aliphatic carbocycles. The van der Waals surface area contributed by atoms with Gasteiger partial charge in [0, 0.05) is 30.3 Å². The first-order valence-corrected chi connectivity index (χ1v) is 9.65. The van der Waals surface area contributed by atoms with E-state index in [4.69, 9.17) is 9.47 Å². The number of benzene rings is 2. The first-order chi connectivity index (χ1) is 14.5. The summed E-state index contributed by atoms with van der Waals surface area (Å²) in [5, 5.41) is 11.3. The van der Waals surface area contributed by atoms with Gasteiger partial charge in [0.1, 0.15) is 5.75 Å². The first-order valence-electron chi connectivity index (χ1n) is 9.65. The van der Waals surface area contributed by atoms with Gasteiger partial charge in [0.25, 0.3) is 17.5 Å². The third-order valence-electron chi connectivity index (χ3n) is 5.35. The van der Waals surface area contributed by atoms with E-state index in [0.29, 0.717) is 37.7 Å². The fourth-order valence-corrected chi connectivity index (χ4v) is 3.74. The number of ether oxygens (including phenoxy) is 2. The molecule has 156 valence electrons. The number of anilines is 1. The minimum Gasteiger partial charge on any atom is -0.476 e. The van der Waals surface area contributed by atoms with Crippen molar-refractivity contribution in [1.82, 2.24) is 4.90 Å². The molecule has 0 saturated carbocycles. The molecule has 9 nitrogen and oxygen atoms in total. The van der Waals surface area contributed by atoms with Crippen LogP contribution in [0, 0.1) is 17.0 Å². The molecule has 0 aromatic heterocycles. The van der Waals surface area contributed by atoms with Crippen molar-refractivity contribution >= 4 is 23.2 Å². The van der Waals surface area contributed by atoms with E-state index in [1.807, 2.05) is 0 Å². The third kappa shape index (κ3) is 3.59. The zero-order chi connectivity index (χ0) is 21.3. The summed E-state index contributed by atoms with van der Waals surface area (Å²) in [4.78, 5) is 40.3. The van der Waals surface area contributed by atoms with Crippen molar-refractivity contribution < 1.29 is 24.0 Å². The van der Waals surface area contributed by atoms with E-state index in [0.717, 1.165) is 0 Å². The van der Waals surface area contributed by atoms with Crippen LogP contribution in [0.2, 0.25) is 0 Å². The molecule has 0 spiro atoms. The number of fused-ring (bicyclic) bond motifs is 1. The Bertz CT molecular complexity index is 1000. The third-order valence-corrected chi connectivity index (χ3v) is 5.35. The van der Waals surface area contributed by atoms with Gasteiger partial charge in [-0.05, 0) is 25.1 Å². The van der Waals surface area contributed by atoms with Gasteiger partial charge >= 0.3 is 0 Å². The van der Waals surface area contributed by atoms with Gasteiger partial charge in [0.2, 0.25) is 0 Å². The lowest BCUT2D eigenvalue weighted by Gasteiger charge is -2.37. The summed E-state index contributed by atoms with van der Waals surface area (Å²) in [6.07, 6.45) is -0.860. The minimum atomic E-state index is -0.860. The average Bonchev–Trinajstić information content (AvgIpc) is 2.78. The number of nitro groups is 1. The highest BCUT2D eigenvalue weighted by Gasteiger charge is 2.37. The minimum absolute atomic E-state index is 0.0220. The second-order valence-electron chi connectivity index (χ2n) is 7.13. The molecule has 0 radical (unpaired) electrons. The zero-order valence-electron chi connectivity index (χ0n) is 16.4. The molecule has 0 bridgehead atoms. The molecule has 1 fully saturated rings. The van der Waals surface area contributed by atoms with Gasteiger partial charge in [0.15, 0.2) is 6.10 Å². The monoisotopic (exact) mass is 411 g/mol. The van der Waals surface area contributed by atoms with E-state index >= 15 is 0 Å². The van der Waals surface area contributed by atoms with Crippen LogP contribution in [-0.2, 0) is 9.53 Å². The lowest BCUT2D eigenvalue weighted by Crippen LogP contribution is -2.54. The average molecular weight is 411 g/mol. The van der Waals surface area contributed by atoms with E-state index in [9.17, 15) is 19.7 Å². The maximum atomic E-state index is 13.4. The van der Waals surface area contributed by atoms with Gasteiger partial charge in [-0.25, -0.2) is 0 Å². The van der Waals surface area contributed by atoms with Crippen LogP contribution in [0.4, 0.5) is 11.4 Å². The number of hydrogen-bond acceptors (Lipinski definition) is 6. The Morgan fingerprint density at radius 3 is 2.57 bits per heavy atom. The number of carbonyl (C=O) groups is 2. The molecule has 2 aromatic rings. The number of nitro benzene ring substituents is 1. The highest BCUT2D eigenvalue weighted by molar-refractivity contribution is 6.09. The van der Waals surface area contributed by atoms with E-state index in [2.05, 4.69) is 0 Å². The second-order valence-corrected chi connectivity index (χ2v) is 7.13. The van der Waals surface area contributed by atoms with Crippen molar-refractivity contribution in [2.24, 2.45) is 0 Å². The fraction of sp³-hybridized carbons (Fsp3) is 0.333. The summed E-state index contributed by atoms with van der Waals surface area (Å²) in [6, 6.07) is 11.4. The van der Waals surface area contributed by atoms with Gasteiger partial charge in [-0.3, -0.25) is 19.7 Å². The summed E-state index contributed by atoms with van der Waals surface area (Å²) in [5.74, 6) is -0.195. The summed E-state index contributed by atoms with van der Waals surface area (Å²) < 4.78 is 11.2. The topological polar surface area (TPSA) is 102 Å². The van der Waals surface area contributed by atoms with Crippen molar-refractivity contribution in [2.75, 3.05) is 37.7 Å². The Morgan fingerprint density at radius 1 is 1.10 bits per heavy atom. The summed E-state index contributed by atoms with van der Waals surface area (Å²) in [5.41, 5.74) is 0.911. The van der Waals surface area contributed by atoms with Crippen LogP contribution in [0.15, 0.2) is 42.5 Å². The number of morpholine rings is 1. The van der Waals surface area contributed by atoms with Gasteiger partial charge in [0.05, 0.1) is 30.4 Å². The predicted octanol–water partition coefficient (Wildman–Crippen LogP) is 2.17. The van der Waals surface area contributed by atoms with Crippen LogP contribution >= 0.6 is 0 Å². The quantitative estimate of drug-likeness (QED) is 0.567. The van der Waals surface area contributed by atoms with E-state index in [1.165, 1.54) is 17.0 Å². The molecule has 2 amide bonds. The van der Waals surface area contributed by atoms with Gasteiger partial charge in [-0.15, -0.1) is 0 Å². The number of rotatable bonds is 3. The van der Waals surface area contributed by atoms with Crippen molar-refractivity contribution in [1.29, 1.82) is 0 Å². The molecular weight excluding hydrogens is 390 g/mol. The Labute approximate surface area is 172 Å². The number of amides is 2. The second kappa shape index (κ2) is 8.11. The van der Waals surface area contributed by atoms with E-state index in [-0.39, 0.29) is 29.3 Å². The molecule has 2 aliphatic rings. The van der Waals surface area contributed by atoms with Crippen LogP contribution in [0.1, 0.15) is 15.9 Å². The number of carbonyl (C=O) groups excluding carboxylic acids is 2. The Balaban J connectivity index is 1.68. The standard InChI is InChI=1S/C21H21N3O6/c1-14-15(5-4-7-16(14)24(27)28)20(25)23-13-19(21(26)22-9-11-29-12-10-22)30-18-8-3-2-6-17(18)23/h2-8,19H,9-13H2,1H3.